The fourth-order valence-electron chi connectivity index (χ4n) is 4.44. The number of aliphatic carboxylic acids is 1. The van der Waals surface area contributed by atoms with Crippen molar-refractivity contribution < 1.29 is 38.7 Å². The second-order valence-corrected chi connectivity index (χ2v) is 9.38. The Morgan fingerprint density at radius 1 is 0.732 bits per heavy atom. The highest BCUT2D eigenvalue weighted by Gasteiger charge is 2.11. The number of anilines is 1. The molecular weight excluding hydrogens is 526 g/mol. The number of ether oxygens (including phenoxy) is 4. The van der Waals surface area contributed by atoms with E-state index < -0.39 is 12.6 Å². The zero-order valence-corrected chi connectivity index (χ0v) is 22.8. The number of aryl methyl sites for hydroxylation is 1. The van der Waals surface area contributed by atoms with Crippen molar-refractivity contribution in [2.24, 2.45) is 0 Å². The van der Waals surface area contributed by atoms with E-state index in [4.69, 9.17) is 29.2 Å². The van der Waals surface area contributed by atoms with Crippen LogP contribution < -0.4 is 14.8 Å². The number of aliphatic hydroxyl groups is 1. The van der Waals surface area contributed by atoms with E-state index >= 15 is 0 Å². The van der Waals surface area contributed by atoms with Gasteiger partial charge in [0.2, 0.25) is 5.91 Å². The third kappa shape index (κ3) is 9.18. The van der Waals surface area contributed by atoms with Gasteiger partial charge in [-0.15, -0.1) is 0 Å². The van der Waals surface area contributed by atoms with Gasteiger partial charge in [0.25, 0.3) is 0 Å². The molecular formula is C32H35NO8. The Hall–Kier alpha value is -4.18. The number of carbonyl (C=O) groups is 2. The minimum absolute atomic E-state index is 0.0445. The van der Waals surface area contributed by atoms with Crippen molar-refractivity contribution in [1.29, 1.82) is 0 Å². The van der Waals surface area contributed by atoms with Gasteiger partial charge in [-0.05, 0) is 52.1 Å². The van der Waals surface area contributed by atoms with Crippen LogP contribution in [-0.4, -0.2) is 68.3 Å². The summed E-state index contributed by atoms with van der Waals surface area (Å²) in [6.07, 6.45) is 1.80. The Labute approximate surface area is 238 Å². The van der Waals surface area contributed by atoms with Crippen LogP contribution in [0.3, 0.4) is 0 Å². The Morgan fingerprint density at radius 2 is 1.46 bits per heavy atom. The monoisotopic (exact) mass is 561 g/mol. The lowest BCUT2D eigenvalue weighted by molar-refractivity contribution is -0.139. The van der Waals surface area contributed by atoms with E-state index in [0.717, 1.165) is 6.42 Å². The van der Waals surface area contributed by atoms with Crippen LogP contribution in [0.25, 0.3) is 21.5 Å². The predicted molar refractivity (Wildman–Crippen MR) is 157 cm³/mol. The molecule has 0 heterocycles. The number of rotatable bonds is 17. The summed E-state index contributed by atoms with van der Waals surface area (Å²) >= 11 is 0. The van der Waals surface area contributed by atoms with Gasteiger partial charge in [-0.1, -0.05) is 54.6 Å². The number of carbonyl (C=O) groups excluding carboxylic acids is 1. The highest BCUT2D eigenvalue weighted by Crippen LogP contribution is 2.31. The fourth-order valence-corrected chi connectivity index (χ4v) is 4.44. The number of fused-ring (bicyclic) bond motifs is 3. The maximum atomic E-state index is 12.7. The third-order valence-electron chi connectivity index (χ3n) is 6.35. The Morgan fingerprint density at radius 3 is 2.27 bits per heavy atom. The summed E-state index contributed by atoms with van der Waals surface area (Å²) in [6, 6.07) is 23.9. The molecule has 0 atom stereocenters. The van der Waals surface area contributed by atoms with Gasteiger partial charge in [0, 0.05) is 18.2 Å². The van der Waals surface area contributed by atoms with Crippen LogP contribution in [0.1, 0.15) is 18.4 Å². The molecule has 0 aliphatic heterocycles. The number of carboxylic acids is 1. The van der Waals surface area contributed by atoms with Gasteiger partial charge in [-0.25, -0.2) is 4.79 Å². The van der Waals surface area contributed by atoms with E-state index in [1.165, 1.54) is 27.1 Å². The number of amides is 1. The van der Waals surface area contributed by atoms with E-state index in [1.807, 2.05) is 12.1 Å². The van der Waals surface area contributed by atoms with Crippen molar-refractivity contribution in [3.05, 3.63) is 78.4 Å². The lowest BCUT2D eigenvalue weighted by Gasteiger charge is -2.14. The number of hydrogen-bond acceptors (Lipinski definition) is 7. The number of benzene rings is 4. The van der Waals surface area contributed by atoms with Crippen molar-refractivity contribution in [2.75, 3.05) is 51.6 Å². The zero-order chi connectivity index (χ0) is 28.9. The molecule has 4 rings (SSSR count). The lowest BCUT2D eigenvalue weighted by atomic mass is 9.98. The second-order valence-electron chi connectivity index (χ2n) is 9.38. The molecule has 216 valence electrons. The molecule has 4 aromatic rings. The molecule has 9 nitrogen and oxygen atoms in total. The van der Waals surface area contributed by atoms with Crippen molar-refractivity contribution in [3.8, 4) is 11.5 Å². The molecule has 4 aromatic carbocycles. The van der Waals surface area contributed by atoms with E-state index in [0.29, 0.717) is 37.5 Å². The molecule has 0 saturated heterocycles. The molecule has 0 spiro atoms. The lowest BCUT2D eigenvalue weighted by Crippen LogP contribution is -2.14. The second kappa shape index (κ2) is 15.6. The van der Waals surface area contributed by atoms with E-state index in [1.54, 1.807) is 18.2 Å². The maximum absolute atomic E-state index is 12.7. The first kappa shape index (κ1) is 29.8. The molecule has 0 aromatic heterocycles. The highest BCUT2D eigenvalue weighted by molar-refractivity contribution is 6.07. The van der Waals surface area contributed by atoms with Gasteiger partial charge in [-0.2, -0.15) is 0 Å². The Balaban J connectivity index is 1.30. The van der Waals surface area contributed by atoms with Gasteiger partial charge < -0.3 is 34.5 Å². The minimum atomic E-state index is -1.11. The van der Waals surface area contributed by atoms with Crippen molar-refractivity contribution >= 4 is 39.1 Å². The average Bonchev–Trinajstić information content (AvgIpc) is 2.98. The summed E-state index contributed by atoms with van der Waals surface area (Å²) in [4.78, 5) is 23.7. The smallest absolute Gasteiger partial charge is 0.341 e. The van der Waals surface area contributed by atoms with Gasteiger partial charge >= 0.3 is 5.97 Å². The van der Waals surface area contributed by atoms with Crippen molar-refractivity contribution in [3.63, 3.8) is 0 Å². The molecule has 41 heavy (non-hydrogen) atoms. The molecule has 0 aliphatic carbocycles. The molecule has 0 bridgehead atoms. The van der Waals surface area contributed by atoms with Gasteiger partial charge in [0.15, 0.2) is 18.1 Å². The number of aliphatic hydroxyl groups excluding tert-OH is 1. The standard InChI is InChI=1S/C32H35NO8/c34-14-15-38-16-17-39-18-19-40-30-21-26(12-13-29(30)41-22-32(36)37)33-31(35)7-3-4-23-8-9-25-11-10-24-5-1-2-6-27(24)28(25)20-23/h1-2,5-6,8-13,20-21,34H,3-4,7,14-19,22H2,(H,33,35)(H,36,37). The Bertz CT molecular complexity index is 1450. The van der Waals surface area contributed by atoms with Crippen LogP contribution in [0, 0.1) is 0 Å². The van der Waals surface area contributed by atoms with Crippen LogP contribution in [0.4, 0.5) is 5.69 Å². The summed E-state index contributed by atoms with van der Waals surface area (Å²) in [6.45, 7) is 0.834. The predicted octanol–water partition coefficient (Wildman–Crippen LogP) is 4.82. The van der Waals surface area contributed by atoms with Crippen LogP contribution in [0.15, 0.2) is 72.8 Å². The topological polar surface area (TPSA) is 124 Å². The van der Waals surface area contributed by atoms with Crippen LogP contribution >= 0.6 is 0 Å². The number of carboxylic acid groups (broad SMARTS) is 1. The number of nitrogens with one attached hydrogen (secondary N) is 1. The molecule has 0 radical (unpaired) electrons. The number of hydrogen-bond donors (Lipinski definition) is 3. The molecule has 1 amide bonds. The molecule has 0 saturated carbocycles. The highest BCUT2D eigenvalue weighted by atomic mass is 16.6. The summed E-state index contributed by atoms with van der Waals surface area (Å²) in [7, 11) is 0. The zero-order valence-electron chi connectivity index (χ0n) is 22.8. The Kier molecular flexibility index (Phi) is 11.3. The molecule has 0 aliphatic rings. The van der Waals surface area contributed by atoms with Gasteiger partial charge in [-0.3, -0.25) is 4.79 Å². The van der Waals surface area contributed by atoms with Crippen molar-refractivity contribution in [2.45, 2.75) is 19.3 Å². The van der Waals surface area contributed by atoms with Crippen LogP contribution in [0.5, 0.6) is 11.5 Å². The summed E-state index contributed by atoms with van der Waals surface area (Å²) in [5.74, 6) is -0.695. The third-order valence-corrected chi connectivity index (χ3v) is 6.35. The van der Waals surface area contributed by atoms with Crippen molar-refractivity contribution in [1.82, 2.24) is 0 Å². The summed E-state index contributed by atoms with van der Waals surface area (Å²) in [5.41, 5.74) is 1.70. The van der Waals surface area contributed by atoms with Gasteiger partial charge in [0.1, 0.15) is 6.61 Å². The van der Waals surface area contributed by atoms with E-state index in [-0.39, 0.29) is 38.1 Å². The summed E-state index contributed by atoms with van der Waals surface area (Å²) in [5, 5.41) is 25.4. The molecule has 0 unspecified atom stereocenters. The molecule has 9 heteroatoms. The first-order chi connectivity index (χ1) is 20.0. The van der Waals surface area contributed by atoms with E-state index in [9.17, 15) is 9.59 Å². The minimum Gasteiger partial charge on any atom is -0.487 e. The first-order valence-corrected chi connectivity index (χ1v) is 13.6. The quantitative estimate of drug-likeness (QED) is 0.124. The molecule has 3 N–H and O–H groups in total. The average molecular weight is 562 g/mol. The van der Waals surface area contributed by atoms with Crippen LogP contribution in [-0.2, 0) is 25.5 Å². The maximum Gasteiger partial charge on any atom is 0.341 e. The largest absolute Gasteiger partial charge is 0.487 e. The van der Waals surface area contributed by atoms with Crippen LogP contribution in [0.2, 0.25) is 0 Å². The SMILES string of the molecule is O=C(O)COc1ccc(NC(=O)CCCc2ccc3ccc4ccccc4c3c2)cc1OCCOCCOCCO. The van der Waals surface area contributed by atoms with E-state index in [2.05, 4.69) is 47.8 Å². The fraction of sp³-hybridized carbons (Fsp3) is 0.312. The first-order valence-electron chi connectivity index (χ1n) is 13.6. The normalized spacial score (nSPS) is 11.0. The molecule has 0 fully saturated rings. The summed E-state index contributed by atoms with van der Waals surface area (Å²) < 4.78 is 21.6. The van der Waals surface area contributed by atoms with Gasteiger partial charge in [0.05, 0.1) is 33.0 Å².